The van der Waals surface area contributed by atoms with Gasteiger partial charge in [-0.1, -0.05) is 55.2 Å². The van der Waals surface area contributed by atoms with Crippen molar-refractivity contribution in [3.63, 3.8) is 0 Å². The van der Waals surface area contributed by atoms with Crippen LogP contribution >= 0.6 is 23.2 Å². The van der Waals surface area contributed by atoms with E-state index < -0.39 is 22.5 Å². The van der Waals surface area contributed by atoms with E-state index in [1.165, 1.54) is 30.3 Å². The molecule has 6 nitrogen and oxygen atoms in total. The zero-order valence-corrected chi connectivity index (χ0v) is 23.2. The fourth-order valence-electron chi connectivity index (χ4n) is 4.01. The number of methoxy groups -OCH3 is 1. The van der Waals surface area contributed by atoms with Gasteiger partial charge in [-0.3, -0.25) is 9.10 Å². The fourth-order valence-corrected chi connectivity index (χ4v) is 6.03. The fraction of sp³-hybridized carbons (Fsp3) is 0.296. The Labute approximate surface area is 223 Å². The van der Waals surface area contributed by atoms with E-state index in [2.05, 4.69) is 19.2 Å². The highest BCUT2D eigenvalue weighted by Crippen LogP contribution is 2.34. The van der Waals surface area contributed by atoms with Gasteiger partial charge < -0.3 is 10.1 Å². The Morgan fingerprint density at radius 1 is 1.00 bits per heavy atom. The van der Waals surface area contributed by atoms with Crippen LogP contribution in [0.5, 0.6) is 5.75 Å². The number of carbonyl (C=O) groups is 1. The highest BCUT2D eigenvalue weighted by molar-refractivity contribution is 7.92. The van der Waals surface area contributed by atoms with Crippen molar-refractivity contribution in [3.8, 4) is 5.75 Å². The van der Waals surface area contributed by atoms with Gasteiger partial charge in [-0.25, -0.2) is 8.42 Å². The third-order valence-electron chi connectivity index (χ3n) is 5.88. The summed E-state index contributed by atoms with van der Waals surface area (Å²) < 4.78 is 33.6. The smallest absolute Gasteiger partial charge is 0.264 e. The second-order valence-electron chi connectivity index (χ2n) is 8.82. The van der Waals surface area contributed by atoms with Gasteiger partial charge in [0.1, 0.15) is 12.3 Å². The van der Waals surface area contributed by atoms with Crippen LogP contribution in [-0.4, -0.2) is 28.0 Å². The van der Waals surface area contributed by atoms with Crippen molar-refractivity contribution in [2.45, 2.75) is 44.6 Å². The van der Waals surface area contributed by atoms with Crippen LogP contribution in [0.4, 0.5) is 5.69 Å². The van der Waals surface area contributed by atoms with Crippen molar-refractivity contribution >= 4 is 44.8 Å². The van der Waals surface area contributed by atoms with Crippen molar-refractivity contribution in [2.24, 2.45) is 0 Å². The topological polar surface area (TPSA) is 75.7 Å². The maximum absolute atomic E-state index is 13.5. The molecule has 1 amide bonds. The molecular weight excluding hydrogens is 519 g/mol. The van der Waals surface area contributed by atoms with Gasteiger partial charge in [0.05, 0.1) is 28.8 Å². The number of nitrogens with one attached hydrogen (secondary N) is 1. The minimum atomic E-state index is -4.09. The lowest BCUT2D eigenvalue weighted by Crippen LogP contribution is -2.41. The molecule has 0 spiro atoms. The predicted molar refractivity (Wildman–Crippen MR) is 146 cm³/mol. The SMILES string of the molecule is COc1cc(C)c(C(C)NC(=O)CN(c2ccc(Cl)cc2Cl)S(=O)(=O)c2ccccc2)cc1C(C)C. The Balaban J connectivity index is 1.94. The Hall–Kier alpha value is -2.74. The van der Waals surface area contributed by atoms with Crippen molar-refractivity contribution in [1.29, 1.82) is 0 Å². The molecular formula is C27H30Cl2N2O4S. The molecule has 0 aliphatic heterocycles. The molecule has 0 saturated carbocycles. The van der Waals surface area contributed by atoms with Crippen LogP contribution in [0.15, 0.2) is 65.6 Å². The van der Waals surface area contributed by atoms with E-state index >= 15 is 0 Å². The van der Waals surface area contributed by atoms with Gasteiger partial charge in [0.25, 0.3) is 10.0 Å². The maximum Gasteiger partial charge on any atom is 0.264 e. The van der Waals surface area contributed by atoms with Crippen LogP contribution in [0.25, 0.3) is 0 Å². The number of amides is 1. The maximum atomic E-state index is 13.5. The lowest BCUT2D eigenvalue weighted by atomic mass is 9.93. The molecule has 0 aliphatic carbocycles. The van der Waals surface area contributed by atoms with E-state index in [0.29, 0.717) is 5.02 Å². The first-order valence-corrected chi connectivity index (χ1v) is 13.7. The summed E-state index contributed by atoms with van der Waals surface area (Å²) in [7, 11) is -2.46. The van der Waals surface area contributed by atoms with Crippen LogP contribution in [0.1, 0.15) is 49.4 Å². The van der Waals surface area contributed by atoms with Crippen LogP contribution in [0.3, 0.4) is 0 Å². The van der Waals surface area contributed by atoms with Gasteiger partial charge in [-0.05, 0) is 78.9 Å². The lowest BCUT2D eigenvalue weighted by molar-refractivity contribution is -0.120. The number of ether oxygens (including phenoxy) is 1. The van der Waals surface area contributed by atoms with E-state index in [9.17, 15) is 13.2 Å². The zero-order chi connectivity index (χ0) is 26.6. The highest BCUT2D eigenvalue weighted by atomic mass is 35.5. The molecule has 0 bridgehead atoms. The number of benzene rings is 3. The second-order valence-corrected chi connectivity index (χ2v) is 11.5. The molecule has 192 valence electrons. The van der Waals surface area contributed by atoms with Crippen LogP contribution < -0.4 is 14.4 Å². The summed E-state index contributed by atoms with van der Waals surface area (Å²) in [5, 5.41) is 3.42. The van der Waals surface area contributed by atoms with E-state index in [0.717, 1.165) is 26.7 Å². The number of hydrogen-bond acceptors (Lipinski definition) is 4. The van der Waals surface area contributed by atoms with Gasteiger partial charge in [0.15, 0.2) is 0 Å². The van der Waals surface area contributed by atoms with E-state index in [1.807, 2.05) is 26.0 Å². The predicted octanol–water partition coefficient (Wildman–Crippen LogP) is 6.51. The lowest BCUT2D eigenvalue weighted by Gasteiger charge is -2.26. The van der Waals surface area contributed by atoms with Crippen molar-refractivity contribution in [3.05, 3.63) is 87.4 Å². The van der Waals surface area contributed by atoms with E-state index in [-0.39, 0.29) is 27.6 Å². The number of rotatable bonds is 9. The minimum Gasteiger partial charge on any atom is -0.496 e. The monoisotopic (exact) mass is 548 g/mol. The summed E-state index contributed by atoms with van der Waals surface area (Å²) in [5.74, 6) is 0.539. The van der Waals surface area contributed by atoms with Crippen LogP contribution in [0, 0.1) is 6.92 Å². The number of aryl methyl sites for hydroxylation is 1. The average molecular weight is 550 g/mol. The number of sulfonamides is 1. The molecule has 0 fully saturated rings. The average Bonchev–Trinajstić information content (AvgIpc) is 2.82. The summed E-state index contributed by atoms with van der Waals surface area (Å²) in [4.78, 5) is 13.3. The molecule has 0 radical (unpaired) electrons. The third kappa shape index (κ3) is 6.14. The first-order valence-electron chi connectivity index (χ1n) is 11.5. The molecule has 0 aromatic heterocycles. The Morgan fingerprint density at radius 2 is 1.67 bits per heavy atom. The molecule has 0 saturated heterocycles. The first kappa shape index (κ1) is 27.8. The largest absolute Gasteiger partial charge is 0.496 e. The molecule has 9 heteroatoms. The van der Waals surface area contributed by atoms with Gasteiger partial charge in [0.2, 0.25) is 5.91 Å². The summed E-state index contributed by atoms with van der Waals surface area (Å²) in [5.41, 5.74) is 3.07. The molecule has 0 heterocycles. The van der Waals surface area contributed by atoms with Crippen molar-refractivity contribution < 1.29 is 17.9 Å². The quantitative estimate of drug-likeness (QED) is 0.330. The normalized spacial score (nSPS) is 12.3. The van der Waals surface area contributed by atoms with Gasteiger partial charge in [-0.2, -0.15) is 0 Å². The first-order chi connectivity index (χ1) is 16.9. The summed E-state index contributed by atoms with van der Waals surface area (Å²) in [6, 6.07) is 16.0. The number of anilines is 1. The molecule has 1 unspecified atom stereocenters. The van der Waals surface area contributed by atoms with Gasteiger partial charge in [-0.15, -0.1) is 0 Å². The third-order valence-corrected chi connectivity index (χ3v) is 8.19. The summed E-state index contributed by atoms with van der Waals surface area (Å²) in [6.45, 7) is 7.49. The summed E-state index contributed by atoms with van der Waals surface area (Å²) >= 11 is 12.4. The number of halogens is 2. The van der Waals surface area contributed by atoms with Crippen molar-refractivity contribution in [1.82, 2.24) is 5.32 Å². The number of nitrogens with zero attached hydrogens (tertiary/aromatic N) is 1. The Bertz CT molecular complexity index is 1350. The number of hydrogen-bond donors (Lipinski definition) is 1. The van der Waals surface area contributed by atoms with Crippen LogP contribution in [-0.2, 0) is 14.8 Å². The molecule has 1 atom stereocenters. The molecule has 36 heavy (non-hydrogen) atoms. The molecule has 0 aliphatic rings. The summed E-state index contributed by atoms with van der Waals surface area (Å²) in [6.07, 6.45) is 0. The molecule has 1 N–H and O–H groups in total. The zero-order valence-electron chi connectivity index (χ0n) is 20.9. The molecule has 3 aromatic rings. The molecule has 3 aromatic carbocycles. The molecule has 3 rings (SSSR count). The van der Waals surface area contributed by atoms with E-state index in [4.69, 9.17) is 27.9 Å². The highest BCUT2D eigenvalue weighted by Gasteiger charge is 2.29. The van der Waals surface area contributed by atoms with Crippen molar-refractivity contribution in [2.75, 3.05) is 18.0 Å². The van der Waals surface area contributed by atoms with Crippen LogP contribution in [0.2, 0.25) is 10.0 Å². The standard InChI is InChI=1S/C27H30Cl2N2O4S/c1-17(2)22-15-23(18(3)13-26(22)35-5)19(4)30-27(32)16-31(25-12-11-20(28)14-24(25)29)36(33,34)21-9-7-6-8-10-21/h6-15,17,19H,16H2,1-5H3,(H,30,32). The Kier molecular flexibility index (Phi) is 8.93. The second kappa shape index (κ2) is 11.5. The number of carbonyl (C=O) groups excluding carboxylic acids is 1. The van der Waals surface area contributed by atoms with Gasteiger partial charge in [0, 0.05) is 5.02 Å². The Morgan fingerprint density at radius 3 is 2.25 bits per heavy atom. The minimum absolute atomic E-state index is 0.0458. The van der Waals surface area contributed by atoms with Gasteiger partial charge >= 0.3 is 0 Å². The van der Waals surface area contributed by atoms with E-state index in [1.54, 1.807) is 25.3 Å².